The minimum Gasteiger partial charge on any atom is -0.462 e. The molecule has 41 heavy (non-hydrogen) atoms. The molecule has 0 spiro atoms. The molecule has 2 heterocycles. The fourth-order valence-electron chi connectivity index (χ4n) is 4.45. The van der Waals surface area contributed by atoms with Gasteiger partial charge >= 0.3 is 5.97 Å². The fourth-order valence-corrected chi connectivity index (χ4v) is 5.42. The van der Waals surface area contributed by atoms with Crippen molar-refractivity contribution in [3.63, 3.8) is 0 Å². The van der Waals surface area contributed by atoms with Gasteiger partial charge in [-0.15, -0.1) is 11.3 Å². The Hall–Kier alpha value is -4.98. The SMILES string of the molecule is CCOC(=O)c1c(-c2cccc([N+](=O)[O-])c2)csc1NC(=O)CCCCCN1C(=O)c2cccc([N+](=O)[O-])c2C1=O. The van der Waals surface area contributed by atoms with Crippen molar-refractivity contribution in [2.24, 2.45) is 0 Å². The number of nitro groups is 2. The minimum absolute atomic E-state index is 0.00130. The Morgan fingerprint density at radius 1 is 0.976 bits per heavy atom. The van der Waals surface area contributed by atoms with Crippen LogP contribution in [0.2, 0.25) is 0 Å². The lowest BCUT2D eigenvalue weighted by Gasteiger charge is -2.13. The van der Waals surface area contributed by atoms with Crippen LogP contribution in [0.1, 0.15) is 63.7 Å². The number of amides is 3. The van der Waals surface area contributed by atoms with Gasteiger partial charge in [-0.2, -0.15) is 0 Å². The summed E-state index contributed by atoms with van der Waals surface area (Å²) in [6.45, 7) is 1.78. The number of nitrogens with zero attached hydrogens (tertiary/aromatic N) is 3. The number of esters is 1. The predicted octanol–water partition coefficient (Wildman–Crippen LogP) is 5.20. The number of nitro benzene ring substituents is 2. The number of rotatable bonds is 12. The average Bonchev–Trinajstić information content (AvgIpc) is 3.47. The van der Waals surface area contributed by atoms with Crippen LogP contribution in [0.3, 0.4) is 0 Å². The summed E-state index contributed by atoms with van der Waals surface area (Å²) in [5.74, 6) is -2.35. The lowest BCUT2D eigenvalue weighted by Crippen LogP contribution is -2.30. The van der Waals surface area contributed by atoms with Gasteiger partial charge < -0.3 is 10.1 Å². The van der Waals surface area contributed by atoms with E-state index in [1.165, 1.54) is 36.4 Å². The van der Waals surface area contributed by atoms with Crippen molar-refractivity contribution in [3.8, 4) is 11.1 Å². The molecular formula is C27H24N4O9S. The highest BCUT2D eigenvalue weighted by molar-refractivity contribution is 7.15. The minimum atomic E-state index is -0.709. The van der Waals surface area contributed by atoms with Crippen molar-refractivity contribution in [2.75, 3.05) is 18.5 Å². The van der Waals surface area contributed by atoms with Crippen molar-refractivity contribution < 1.29 is 33.8 Å². The molecule has 14 heteroatoms. The van der Waals surface area contributed by atoms with E-state index in [2.05, 4.69) is 5.32 Å². The van der Waals surface area contributed by atoms with Crippen LogP contribution in [0, 0.1) is 20.2 Å². The molecule has 0 unspecified atom stereocenters. The Bertz CT molecular complexity index is 1570. The molecule has 0 saturated heterocycles. The number of carbonyl (C=O) groups is 4. The molecule has 0 saturated carbocycles. The molecule has 1 aromatic heterocycles. The number of imide groups is 1. The summed E-state index contributed by atoms with van der Waals surface area (Å²) in [7, 11) is 0. The van der Waals surface area contributed by atoms with E-state index in [-0.39, 0.29) is 52.9 Å². The summed E-state index contributed by atoms with van der Waals surface area (Å²) in [5, 5.41) is 27.0. The van der Waals surface area contributed by atoms with Gasteiger partial charge in [0.1, 0.15) is 16.1 Å². The van der Waals surface area contributed by atoms with Crippen LogP contribution in [0.4, 0.5) is 16.4 Å². The van der Waals surface area contributed by atoms with Crippen LogP contribution >= 0.6 is 11.3 Å². The standard InChI is InChI=1S/C27H24N4O9S/c1-2-40-27(35)23-19(16-8-6-9-17(14-16)30(36)37)15-41-24(23)28-21(32)12-4-3-5-13-29-25(33)18-10-7-11-20(31(38)39)22(18)26(29)34/h6-11,14-15H,2-5,12-13H2,1H3,(H,28,32). The van der Waals surface area contributed by atoms with E-state index in [1.54, 1.807) is 18.4 Å². The molecule has 2 aromatic carbocycles. The second kappa shape index (κ2) is 12.5. The van der Waals surface area contributed by atoms with Gasteiger partial charge in [0.05, 0.1) is 22.0 Å². The van der Waals surface area contributed by atoms with Crippen LogP contribution < -0.4 is 5.32 Å². The second-order valence-corrected chi connectivity index (χ2v) is 9.84. The zero-order valence-electron chi connectivity index (χ0n) is 21.8. The van der Waals surface area contributed by atoms with Crippen LogP contribution in [-0.4, -0.2) is 51.6 Å². The third kappa shape index (κ3) is 6.11. The first-order valence-electron chi connectivity index (χ1n) is 12.6. The lowest BCUT2D eigenvalue weighted by atomic mass is 10.0. The summed E-state index contributed by atoms with van der Waals surface area (Å²) >= 11 is 1.09. The van der Waals surface area contributed by atoms with Gasteiger partial charge in [0, 0.05) is 42.1 Å². The number of carbonyl (C=O) groups excluding carboxylic acids is 4. The van der Waals surface area contributed by atoms with Gasteiger partial charge in [0.2, 0.25) is 5.91 Å². The molecule has 1 aliphatic heterocycles. The fraction of sp³-hybridized carbons (Fsp3) is 0.259. The molecular weight excluding hydrogens is 556 g/mol. The molecule has 13 nitrogen and oxygen atoms in total. The molecule has 0 radical (unpaired) electrons. The molecule has 3 aromatic rings. The van der Waals surface area contributed by atoms with E-state index in [1.807, 2.05) is 0 Å². The van der Waals surface area contributed by atoms with Crippen molar-refractivity contribution in [3.05, 3.63) is 84.8 Å². The number of benzene rings is 2. The zero-order chi connectivity index (χ0) is 29.7. The number of ether oxygens (including phenoxy) is 1. The van der Waals surface area contributed by atoms with Gasteiger partial charge in [-0.3, -0.25) is 39.5 Å². The number of hydrogen-bond donors (Lipinski definition) is 1. The van der Waals surface area contributed by atoms with Crippen LogP contribution in [-0.2, 0) is 9.53 Å². The highest BCUT2D eigenvalue weighted by atomic mass is 32.1. The Labute approximate surface area is 237 Å². The van der Waals surface area contributed by atoms with Crippen molar-refractivity contribution in [2.45, 2.75) is 32.6 Å². The third-order valence-corrected chi connectivity index (χ3v) is 7.25. The highest BCUT2D eigenvalue weighted by Gasteiger charge is 2.40. The number of non-ortho nitro benzene ring substituents is 1. The Balaban J connectivity index is 1.35. The molecule has 4 rings (SSSR count). The largest absolute Gasteiger partial charge is 0.462 e. The van der Waals surface area contributed by atoms with E-state index >= 15 is 0 Å². The molecule has 0 fully saturated rings. The topological polar surface area (TPSA) is 179 Å². The van der Waals surface area contributed by atoms with Gasteiger partial charge in [-0.05, 0) is 31.4 Å². The lowest BCUT2D eigenvalue weighted by molar-refractivity contribution is -0.385. The number of anilines is 1. The maximum Gasteiger partial charge on any atom is 0.341 e. The summed E-state index contributed by atoms with van der Waals surface area (Å²) in [4.78, 5) is 72.9. The molecule has 0 bridgehead atoms. The molecule has 1 aliphatic rings. The Morgan fingerprint density at radius 3 is 2.44 bits per heavy atom. The van der Waals surface area contributed by atoms with E-state index in [0.29, 0.717) is 30.4 Å². The van der Waals surface area contributed by atoms with E-state index in [0.717, 1.165) is 16.2 Å². The first kappa shape index (κ1) is 29.0. The van der Waals surface area contributed by atoms with Gasteiger partial charge in [0.15, 0.2) is 0 Å². The molecule has 0 atom stereocenters. The average molecular weight is 581 g/mol. The summed E-state index contributed by atoms with van der Waals surface area (Å²) in [6, 6.07) is 9.71. The normalized spacial score (nSPS) is 12.3. The van der Waals surface area contributed by atoms with Gasteiger partial charge in [0.25, 0.3) is 23.2 Å². The monoisotopic (exact) mass is 580 g/mol. The molecule has 3 amide bonds. The molecule has 1 N–H and O–H groups in total. The second-order valence-electron chi connectivity index (χ2n) is 8.96. The van der Waals surface area contributed by atoms with Crippen LogP contribution in [0.5, 0.6) is 0 Å². The van der Waals surface area contributed by atoms with Crippen LogP contribution in [0.15, 0.2) is 47.8 Å². The number of nitrogens with one attached hydrogen (secondary N) is 1. The number of fused-ring (bicyclic) bond motifs is 1. The third-order valence-electron chi connectivity index (χ3n) is 6.35. The smallest absolute Gasteiger partial charge is 0.341 e. The van der Waals surface area contributed by atoms with Crippen molar-refractivity contribution in [1.29, 1.82) is 0 Å². The number of hydrogen-bond acceptors (Lipinski definition) is 10. The Kier molecular flexibility index (Phi) is 8.82. The summed E-state index contributed by atoms with van der Waals surface area (Å²) in [6.07, 6.45) is 1.36. The summed E-state index contributed by atoms with van der Waals surface area (Å²) in [5.41, 5.74) is 0.163. The number of thiophene rings is 1. The van der Waals surface area contributed by atoms with Crippen molar-refractivity contribution >= 4 is 51.4 Å². The zero-order valence-corrected chi connectivity index (χ0v) is 22.6. The van der Waals surface area contributed by atoms with Gasteiger partial charge in [-0.25, -0.2) is 4.79 Å². The predicted molar refractivity (Wildman–Crippen MR) is 148 cm³/mol. The first-order valence-corrected chi connectivity index (χ1v) is 13.5. The van der Waals surface area contributed by atoms with E-state index in [4.69, 9.17) is 4.74 Å². The highest BCUT2D eigenvalue weighted by Crippen LogP contribution is 2.37. The van der Waals surface area contributed by atoms with Gasteiger partial charge in [-0.1, -0.05) is 24.6 Å². The quantitative estimate of drug-likeness (QED) is 0.0990. The van der Waals surface area contributed by atoms with Crippen LogP contribution in [0.25, 0.3) is 11.1 Å². The first-order chi connectivity index (χ1) is 19.6. The van der Waals surface area contributed by atoms with E-state index < -0.39 is 33.3 Å². The molecule has 0 aliphatic carbocycles. The maximum atomic E-state index is 12.7. The Morgan fingerprint density at radius 2 is 1.73 bits per heavy atom. The number of unbranched alkanes of at least 4 members (excludes halogenated alkanes) is 2. The summed E-state index contributed by atoms with van der Waals surface area (Å²) < 4.78 is 5.16. The molecule has 212 valence electrons. The van der Waals surface area contributed by atoms with Crippen molar-refractivity contribution in [1.82, 2.24) is 4.90 Å². The maximum absolute atomic E-state index is 12.7. The van der Waals surface area contributed by atoms with E-state index in [9.17, 15) is 39.4 Å².